The van der Waals surface area contributed by atoms with Crippen LogP contribution in [0.5, 0.6) is 0 Å². The quantitative estimate of drug-likeness (QED) is 0.926. The summed E-state index contributed by atoms with van der Waals surface area (Å²) in [6.07, 6.45) is 0. The Kier molecular flexibility index (Phi) is 3.06. The maximum absolute atomic E-state index is 12.4. The third-order valence-electron chi connectivity index (χ3n) is 2.31. The van der Waals surface area contributed by atoms with Crippen molar-refractivity contribution in [3.63, 3.8) is 0 Å². The number of thiophene rings is 1. The van der Waals surface area contributed by atoms with Gasteiger partial charge in [0.25, 0.3) is 9.84 Å². The number of aromatic carboxylic acids is 1. The smallest absolute Gasteiger partial charge is 0.477 e. The molecule has 0 saturated carbocycles. The van der Waals surface area contributed by atoms with Crippen LogP contribution in [0.3, 0.4) is 0 Å². The summed E-state index contributed by atoms with van der Waals surface area (Å²) in [5.74, 6) is -1.22. The van der Waals surface area contributed by atoms with E-state index in [1.807, 2.05) is 0 Å². The lowest BCUT2D eigenvalue weighted by Gasteiger charge is -2.07. The van der Waals surface area contributed by atoms with Crippen molar-refractivity contribution in [1.82, 2.24) is 0 Å². The predicted molar refractivity (Wildman–Crippen MR) is 62.0 cm³/mol. The number of halogens is 3. The molecule has 0 saturated heterocycles. The summed E-state index contributed by atoms with van der Waals surface area (Å²) in [7, 11) is -5.42. The van der Waals surface area contributed by atoms with Gasteiger partial charge >= 0.3 is 11.5 Å². The minimum Gasteiger partial charge on any atom is -0.477 e. The highest BCUT2D eigenvalue weighted by Crippen LogP contribution is 2.33. The molecule has 1 N–H and O–H groups in total. The second-order valence-electron chi connectivity index (χ2n) is 3.56. The van der Waals surface area contributed by atoms with Crippen LogP contribution < -0.4 is 0 Å². The van der Waals surface area contributed by atoms with Gasteiger partial charge in [-0.3, -0.25) is 0 Å². The van der Waals surface area contributed by atoms with E-state index in [0.29, 0.717) is 4.70 Å². The average molecular weight is 310 g/mol. The van der Waals surface area contributed by atoms with Crippen LogP contribution in [0, 0.1) is 0 Å². The number of carboxylic acids is 1. The molecule has 0 aliphatic carbocycles. The number of benzene rings is 1. The first-order valence-corrected chi connectivity index (χ1v) is 7.01. The van der Waals surface area contributed by atoms with E-state index in [1.54, 1.807) is 0 Å². The summed E-state index contributed by atoms with van der Waals surface area (Å²) < 4.78 is 59.9. The normalized spacial score (nSPS) is 12.8. The minimum atomic E-state index is -5.42. The highest BCUT2D eigenvalue weighted by atomic mass is 32.2. The van der Waals surface area contributed by atoms with Crippen molar-refractivity contribution < 1.29 is 31.5 Å². The Morgan fingerprint density at radius 2 is 1.84 bits per heavy atom. The van der Waals surface area contributed by atoms with Gasteiger partial charge in [0.05, 0.1) is 4.90 Å². The Bertz CT molecular complexity index is 759. The van der Waals surface area contributed by atoms with Crippen LogP contribution in [0.25, 0.3) is 10.1 Å². The predicted octanol–water partition coefficient (Wildman–Crippen LogP) is 2.89. The fourth-order valence-corrected chi connectivity index (χ4v) is 3.11. The van der Waals surface area contributed by atoms with Gasteiger partial charge in [0.1, 0.15) is 4.88 Å². The van der Waals surface area contributed by atoms with Crippen molar-refractivity contribution in [1.29, 1.82) is 0 Å². The first kappa shape index (κ1) is 13.8. The number of sulfone groups is 1. The van der Waals surface area contributed by atoms with Gasteiger partial charge in [-0.2, -0.15) is 13.2 Å². The molecule has 4 nitrogen and oxygen atoms in total. The van der Waals surface area contributed by atoms with Crippen molar-refractivity contribution in [3.05, 3.63) is 29.1 Å². The molecular formula is C10H5F3O4S2. The lowest BCUT2D eigenvalue weighted by atomic mass is 10.2. The van der Waals surface area contributed by atoms with Gasteiger partial charge in [0.2, 0.25) is 0 Å². The molecule has 2 aromatic rings. The molecule has 0 radical (unpaired) electrons. The summed E-state index contributed by atoms with van der Waals surface area (Å²) in [6.45, 7) is 0. The number of carboxylic acid groups (broad SMARTS) is 1. The number of hydrogen-bond donors (Lipinski definition) is 1. The van der Waals surface area contributed by atoms with E-state index in [1.165, 1.54) is 0 Å². The van der Waals surface area contributed by atoms with E-state index in [9.17, 15) is 26.4 Å². The van der Waals surface area contributed by atoms with Gasteiger partial charge < -0.3 is 5.11 Å². The number of carbonyl (C=O) groups is 1. The van der Waals surface area contributed by atoms with Crippen molar-refractivity contribution in [3.8, 4) is 0 Å². The number of hydrogen-bond acceptors (Lipinski definition) is 4. The Balaban J connectivity index is 2.63. The molecule has 1 heterocycles. The van der Waals surface area contributed by atoms with Crippen LogP contribution in [0.1, 0.15) is 9.67 Å². The van der Waals surface area contributed by atoms with Crippen LogP contribution in [0.4, 0.5) is 13.2 Å². The summed E-state index contributed by atoms with van der Waals surface area (Å²) in [5, 5.41) is 8.90. The summed E-state index contributed by atoms with van der Waals surface area (Å²) in [5.41, 5.74) is -5.38. The topological polar surface area (TPSA) is 71.4 Å². The largest absolute Gasteiger partial charge is 0.501 e. The van der Waals surface area contributed by atoms with Crippen molar-refractivity contribution in [2.75, 3.05) is 0 Å². The monoisotopic (exact) mass is 310 g/mol. The molecule has 1 aromatic heterocycles. The van der Waals surface area contributed by atoms with Gasteiger partial charge in [-0.15, -0.1) is 11.3 Å². The van der Waals surface area contributed by atoms with E-state index in [4.69, 9.17) is 5.11 Å². The molecule has 0 spiro atoms. The van der Waals surface area contributed by atoms with Gasteiger partial charge in [-0.25, -0.2) is 13.2 Å². The lowest BCUT2D eigenvalue weighted by molar-refractivity contribution is -0.0436. The molecule has 0 fully saturated rings. The zero-order chi connectivity index (χ0) is 14.4. The summed E-state index contributed by atoms with van der Waals surface area (Å²) >= 11 is 0.857. The van der Waals surface area contributed by atoms with Crippen LogP contribution in [0.15, 0.2) is 29.2 Å². The Morgan fingerprint density at radius 3 is 2.37 bits per heavy atom. The average Bonchev–Trinajstić information content (AvgIpc) is 2.69. The maximum Gasteiger partial charge on any atom is 0.501 e. The van der Waals surface area contributed by atoms with Crippen molar-refractivity contribution >= 4 is 37.2 Å². The number of alkyl halides is 3. The molecule has 0 aliphatic rings. The van der Waals surface area contributed by atoms with Crippen LogP contribution in [0.2, 0.25) is 0 Å². The van der Waals surface area contributed by atoms with Gasteiger partial charge in [0.15, 0.2) is 0 Å². The second-order valence-corrected chi connectivity index (χ2v) is 6.59. The zero-order valence-corrected chi connectivity index (χ0v) is 10.6. The molecule has 0 unspecified atom stereocenters. The molecule has 2 rings (SSSR count). The fraction of sp³-hybridized carbons (Fsp3) is 0.100. The lowest BCUT2D eigenvalue weighted by Crippen LogP contribution is -2.23. The Hall–Kier alpha value is -1.61. The Morgan fingerprint density at radius 1 is 1.21 bits per heavy atom. The highest BCUT2D eigenvalue weighted by molar-refractivity contribution is 7.92. The highest BCUT2D eigenvalue weighted by Gasteiger charge is 2.46. The van der Waals surface area contributed by atoms with Gasteiger partial charge in [0, 0.05) is 4.70 Å². The van der Waals surface area contributed by atoms with Crippen molar-refractivity contribution in [2.45, 2.75) is 10.4 Å². The maximum atomic E-state index is 12.4. The van der Waals surface area contributed by atoms with Crippen LogP contribution >= 0.6 is 11.3 Å². The SMILES string of the molecule is O=C(O)c1cc2cc(S(=O)(=O)C(F)(F)F)ccc2s1. The second kappa shape index (κ2) is 4.20. The molecular weight excluding hydrogens is 305 g/mol. The summed E-state index contributed by atoms with van der Waals surface area (Å²) in [6, 6.07) is 3.93. The number of rotatable bonds is 2. The van der Waals surface area contributed by atoms with Crippen LogP contribution in [-0.2, 0) is 9.84 Å². The molecule has 102 valence electrons. The Labute approximate surface area is 109 Å². The van der Waals surface area contributed by atoms with E-state index in [0.717, 1.165) is 35.6 Å². The van der Waals surface area contributed by atoms with Gasteiger partial charge in [-0.1, -0.05) is 0 Å². The van der Waals surface area contributed by atoms with Crippen LogP contribution in [-0.4, -0.2) is 25.0 Å². The molecule has 0 amide bonds. The third-order valence-corrected chi connectivity index (χ3v) is 4.90. The molecule has 0 atom stereocenters. The fourth-order valence-electron chi connectivity index (χ4n) is 1.43. The third kappa shape index (κ3) is 2.30. The first-order chi connectivity index (χ1) is 8.63. The minimum absolute atomic E-state index is 0.0726. The standard InChI is InChI=1S/C10H5F3O4S2/c11-10(12,13)19(16,17)6-1-2-7-5(3-6)4-8(18-7)9(14)15/h1-4H,(H,14,15). The number of fused-ring (bicyclic) bond motifs is 1. The first-order valence-electron chi connectivity index (χ1n) is 4.71. The van der Waals surface area contributed by atoms with E-state index in [-0.39, 0.29) is 10.3 Å². The summed E-state index contributed by atoms with van der Waals surface area (Å²) in [4.78, 5) is 9.75. The molecule has 1 aromatic carbocycles. The molecule has 9 heteroatoms. The van der Waals surface area contributed by atoms with E-state index >= 15 is 0 Å². The molecule has 0 aliphatic heterocycles. The van der Waals surface area contributed by atoms with Gasteiger partial charge in [-0.05, 0) is 29.7 Å². The molecule has 19 heavy (non-hydrogen) atoms. The zero-order valence-electron chi connectivity index (χ0n) is 8.93. The van der Waals surface area contributed by atoms with E-state index in [2.05, 4.69) is 0 Å². The molecule has 0 bridgehead atoms. The van der Waals surface area contributed by atoms with Crippen molar-refractivity contribution in [2.24, 2.45) is 0 Å². The van der Waals surface area contributed by atoms with E-state index < -0.39 is 26.2 Å².